The monoisotopic (exact) mass is 274 g/mol. The zero-order valence-corrected chi connectivity index (χ0v) is 11.1. The Morgan fingerprint density at radius 1 is 1.35 bits per heavy atom. The van der Waals surface area contributed by atoms with Crippen LogP contribution in [0.25, 0.3) is 0 Å². The number of likely N-dealkylation sites (N-methyl/N-ethyl adjacent to an activating group) is 1. The summed E-state index contributed by atoms with van der Waals surface area (Å²) in [6.07, 6.45) is 1.68. The van der Waals surface area contributed by atoms with Crippen molar-refractivity contribution in [3.05, 3.63) is 59.7 Å². The molecule has 0 unspecified atom stereocenters. The lowest BCUT2D eigenvalue weighted by Gasteiger charge is -2.15. The van der Waals surface area contributed by atoms with Crippen molar-refractivity contribution in [2.75, 3.05) is 13.6 Å². The molecule has 2 aromatic rings. The lowest BCUT2D eigenvalue weighted by atomic mass is 10.1. The minimum Gasteiger partial charge on any atom is -0.507 e. The number of hydrogen-bond donors (Lipinski definition) is 1. The molecule has 4 nitrogen and oxygen atoms in total. The normalized spacial score (nSPS) is 10.8. The molecule has 5 heteroatoms. The molecular weight excluding hydrogens is 259 g/mol. The van der Waals surface area contributed by atoms with E-state index in [4.69, 9.17) is 0 Å². The van der Waals surface area contributed by atoms with Crippen LogP contribution >= 0.6 is 0 Å². The average molecular weight is 274 g/mol. The molecule has 0 aliphatic heterocycles. The molecule has 0 aliphatic carbocycles. The summed E-state index contributed by atoms with van der Waals surface area (Å²) >= 11 is 0. The van der Waals surface area contributed by atoms with E-state index in [1.807, 2.05) is 18.2 Å². The number of carbonyl (C=O) groups is 1. The maximum absolute atomic E-state index is 13.1. The van der Waals surface area contributed by atoms with Crippen LogP contribution in [0.4, 0.5) is 4.39 Å². The molecule has 1 N–H and O–H groups in total. The standard InChI is InChI=1S/C15H15FN2O2/c1-18(9-12-4-2-3-7-17-12)10-15(20)13-8-11(16)5-6-14(13)19/h2-8,19H,9-10H2,1H3. The molecule has 20 heavy (non-hydrogen) atoms. The van der Waals surface area contributed by atoms with E-state index in [1.54, 1.807) is 18.1 Å². The third-order valence-electron chi connectivity index (χ3n) is 2.83. The number of rotatable bonds is 5. The van der Waals surface area contributed by atoms with Crippen LogP contribution in [0.5, 0.6) is 5.75 Å². The van der Waals surface area contributed by atoms with Gasteiger partial charge in [0, 0.05) is 12.7 Å². The fourth-order valence-corrected chi connectivity index (χ4v) is 1.89. The van der Waals surface area contributed by atoms with Gasteiger partial charge in [-0.25, -0.2) is 4.39 Å². The Bertz CT molecular complexity index is 602. The van der Waals surface area contributed by atoms with E-state index in [-0.39, 0.29) is 23.6 Å². The first kappa shape index (κ1) is 14.1. The van der Waals surface area contributed by atoms with Crippen molar-refractivity contribution in [1.29, 1.82) is 0 Å². The van der Waals surface area contributed by atoms with Gasteiger partial charge in [-0.15, -0.1) is 0 Å². The Hall–Kier alpha value is -2.27. The molecule has 0 saturated carbocycles. The van der Waals surface area contributed by atoms with Gasteiger partial charge in [0.15, 0.2) is 5.78 Å². The number of aromatic hydroxyl groups is 1. The summed E-state index contributed by atoms with van der Waals surface area (Å²) < 4.78 is 13.1. The first-order chi connectivity index (χ1) is 9.56. The zero-order chi connectivity index (χ0) is 14.5. The van der Waals surface area contributed by atoms with Gasteiger partial charge >= 0.3 is 0 Å². The van der Waals surface area contributed by atoms with Crippen LogP contribution in [-0.4, -0.2) is 34.4 Å². The summed E-state index contributed by atoms with van der Waals surface area (Å²) in [5, 5.41) is 9.59. The molecule has 104 valence electrons. The van der Waals surface area contributed by atoms with Gasteiger partial charge in [-0.1, -0.05) is 6.07 Å². The second kappa shape index (κ2) is 6.25. The average Bonchev–Trinajstić information content (AvgIpc) is 2.42. The van der Waals surface area contributed by atoms with Gasteiger partial charge in [-0.3, -0.25) is 14.7 Å². The SMILES string of the molecule is CN(CC(=O)c1cc(F)ccc1O)Cc1ccccn1. The molecular formula is C15H15FN2O2. The van der Waals surface area contributed by atoms with E-state index < -0.39 is 5.82 Å². The molecule has 0 saturated heterocycles. The third-order valence-corrected chi connectivity index (χ3v) is 2.83. The number of ketones is 1. The summed E-state index contributed by atoms with van der Waals surface area (Å²) in [6, 6.07) is 8.90. The van der Waals surface area contributed by atoms with Crippen LogP contribution in [0.2, 0.25) is 0 Å². The van der Waals surface area contributed by atoms with Crippen molar-refractivity contribution in [2.45, 2.75) is 6.54 Å². The highest BCUT2D eigenvalue weighted by atomic mass is 19.1. The number of phenolic OH excluding ortho intramolecular Hbond substituents is 1. The van der Waals surface area contributed by atoms with Crippen LogP contribution in [0.3, 0.4) is 0 Å². The Morgan fingerprint density at radius 3 is 2.85 bits per heavy atom. The zero-order valence-electron chi connectivity index (χ0n) is 11.1. The Balaban J connectivity index is 2.02. The fraction of sp³-hybridized carbons (Fsp3) is 0.200. The Kier molecular flexibility index (Phi) is 4.42. The van der Waals surface area contributed by atoms with E-state index in [0.29, 0.717) is 6.54 Å². The predicted octanol–water partition coefficient (Wildman–Crippen LogP) is 2.24. The van der Waals surface area contributed by atoms with Crippen LogP contribution in [0, 0.1) is 5.82 Å². The first-order valence-corrected chi connectivity index (χ1v) is 6.16. The quantitative estimate of drug-likeness (QED) is 0.850. The van der Waals surface area contributed by atoms with Crippen LogP contribution in [0.15, 0.2) is 42.6 Å². The number of aromatic nitrogens is 1. The summed E-state index contributed by atoms with van der Waals surface area (Å²) in [7, 11) is 1.77. The van der Waals surface area contributed by atoms with E-state index in [9.17, 15) is 14.3 Å². The van der Waals surface area contributed by atoms with Crippen molar-refractivity contribution in [2.24, 2.45) is 0 Å². The highest BCUT2D eigenvalue weighted by Gasteiger charge is 2.14. The molecule has 0 aliphatic rings. The van der Waals surface area contributed by atoms with Gasteiger partial charge < -0.3 is 5.11 Å². The lowest BCUT2D eigenvalue weighted by Crippen LogP contribution is -2.26. The summed E-state index contributed by atoms with van der Waals surface area (Å²) in [4.78, 5) is 18.0. The second-order valence-electron chi connectivity index (χ2n) is 4.58. The number of benzene rings is 1. The van der Waals surface area contributed by atoms with Gasteiger partial charge in [0.2, 0.25) is 0 Å². The van der Waals surface area contributed by atoms with Crippen molar-refractivity contribution in [3.63, 3.8) is 0 Å². The van der Waals surface area contributed by atoms with Crippen molar-refractivity contribution < 1.29 is 14.3 Å². The smallest absolute Gasteiger partial charge is 0.180 e. The number of pyridine rings is 1. The Labute approximate surface area is 116 Å². The molecule has 0 spiro atoms. The van der Waals surface area contributed by atoms with E-state index in [2.05, 4.69) is 4.98 Å². The summed E-state index contributed by atoms with van der Waals surface area (Å²) in [5.41, 5.74) is 0.837. The molecule has 1 heterocycles. The minimum absolute atomic E-state index is 0.00197. The first-order valence-electron chi connectivity index (χ1n) is 6.16. The van der Waals surface area contributed by atoms with E-state index >= 15 is 0 Å². The molecule has 0 atom stereocenters. The van der Waals surface area contributed by atoms with Crippen molar-refractivity contribution in [3.8, 4) is 5.75 Å². The van der Waals surface area contributed by atoms with Crippen LogP contribution in [-0.2, 0) is 6.54 Å². The maximum atomic E-state index is 13.1. The highest BCUT2D eigenvalue weighted by Crippen LogP contribution is 2.18. The number of nitrogens with zero attached hydrogens (tertiary/aromatic N) is 2. The van der Waals surface area contributed by atoms with E-state index in [1.165, 1.54) is 6.07 Å². The van der Waals surface area contributed by atoms with Gasteiger partial charge in [-0.05, 0) is 37.4 Å². The lowest BCUT2D eigenvalue weighted by molar-refractivity contribution is 0.0939. The number of Topliss-reactive ketones (excluding diaryl/α,β-unsaturated/α-hetero) is 1. The van der Waals surface area contributed by atoms with Gasteiger partial charge in [0.1, 0.15) is 11.6 Å². The summed E-state index contributed by atoms with van der Waals surface area (Å²) in [5.74, 6) is -1.08. The molecule has 0 bridgehead atoms. The predicted molar refractivity (Wildman–Crippen MR) is 73.0 cm³/mol. The summed E-state index contributed by atoms with van der Waals surface area (Å²) in [6.45, 7) is 0.580. The minimum atomic E-state index is -0.543. The molecule has 2 rings (SSSR count). The number of carbonyl (C=O) groups excluding carboxylic acids is 1. The second-order valence-corrected chi connectivity index (χ2v) is 4.58. The van der Waals surface area contributed by atoms with Gasteiger partial charge in [-0.2, -0.15) is 0 Å². The largest absolute Gasteiger partial charge is 0.507 e. The molecule has 0 radical (unpaired) electrons. The number of phenols is 1. The molecule has 1 aromatic heterocycles. The van der Waals surface area contributed by atoms with Gasteiger partial charge in [0.25, 0.3) is 0 Å². The van der Waals surface area contributed by atoms with Crippen LogP contribution in [0.1, 0.15) is 16.1 Å². The number of halogens is 1. The van der Waals surface area contributed by atoms with Crippen LogP contribution < -0.4 is 0 Å². The topological polar surface area (TPSA) is 53.4 Å². The highest BCUT2D eigenvalue weighted by molar-refractivity contribution is 5.99. The molecule has 0 fully saturated rings. The van der Waals surface area contributed by atoms with Gasteiger partial charge in [0.05, 0.1) is 17.8 Å². The fourth-order valence-electron chi connectivity index (χ4n) is 1.89. The van der Waals surface area contributed by atoms with Crippen molar-refractivity contribution in [1.82, 2.24) is 9.88 Å². The molecule has 0 amide bonds. The molecule has 1 aromatic carbocycles. The Morgan fingerprint density at radius 2 is 2.15 bits per heavy atom. The van der Waals surface area contributed by atoms with Crippen molar-refractivity contribution >= 4 is 5.78 Å². The van der Waals surface area contributed by atoms with E-state index in [0.717, 1.165) is 17.8 Å². The number of hydrogen-bond acceptors (Lipinski definition) is 4. The third kappa shape index (κ3) is 3.61. The maximum Gasteiger partial charge on any atom is 0.180 e.